The average Bonchev–Trinajstić information content (AvgIpc) is 2.48. The van der Waals surface area contributed by atoms with Gasteiger partial charge in [0.25, 0.3) is 0 Å². The van der Waals surface area contributed by atoms with Crippen LogP contribution in [-0.4, -0.2) is 44.1 Å². The Bertz CT molecular complexity index is 586. The third-order valence-corrected chi connectivity index (χ3v) is 2.71. The standard InChI is InChI=1S/C16H24F2N4O2/c1-16(2,3)22-14(23)10-21-15(19-4)20-7-8-24-11-5-6-12(17)13(18)9-11/h5-6,9H,7-8,10H2,1-4H3,(H,22,23)(H2,19,20,21). The molecule has 0 fully saturated rings. The zero-order valence-corrected chi connectivity index (χ0v) is 14.4. The van der Waals surface area contributed by atoms with Crippen molar-refractivity contribution in [3.8, 4) is 5.75 Å². The van der Waals surface area contributed by atoms with Gasteiger partial charge in [-0.3, -0.25) is 9.79 Å². The van der Waals surface area contributed by atoms with Crippen LogP contribution < -0.4 is 20.7 Å². The molecule has 3 N–H and O–H groups in total. The van der Waals surface area contributed by atoms with Crippen molar-refractivity contribution in [2.24, 2.45) is 4.99 Å². The van der Waals surface area contributed by atoms with E-state index in [1.165, 1.54) is 6.07 Å². The Kier molecular flexibility index (Phi) is 7.41. The zero-order valence-electron chi connectivity index (χ0n) is 14.4. The maximum absolute atomic E-state index is 13.0. The molecule has 0 saturated heterocycles. The third-order valence-electron chi connectivity index (χ3n) is 2.71. The molecule has 6 nitrogen and oxygen atoms in total. The summed E-state index contributed by atoms with van der Waals surface area (Å²) in [6.45, 7) is 6.37. The quantitative estimate of drug-likeness (QED) is 0.415. The van der Waals surface area contributed by atoms with Gasteiger partial charge in [-0.2, -0.15) is 0 Å². The van der Waals surface area contributed by atoms with E-state index in [1.54, 1.807) is 7.05 Å². The molecule has 8 heteroatoms. The van der Waals surface area contributed by atoms with Gasteiger partial charge in [0.15, 0.2) is 17.6 Å². The van der Waals surface area contributed by atoms with Crippen LogP contribution in [0.15, 0.2) is 23.2 Å². The molecule has 1 aromatic carbocycles. The highest BCUT2D eigenvalue weighted by molar-refractivity contribution is 5.86. The number of nitrogens with one attached hydrogen (secondary N) is 3. The number of carbonyl (C=O) groups is 1. The fraction of sp³-hybridized carbons (Fsp3) is 0.500. The maximum Gasteiger partial charge on any atom is 0.239 e. The number of aliphatic imine (C=N–C) groups is 1. The van der Waals surface area contributed by atoms with E-state index < -0.39 is 11.6 Å². The lowest BCUT2D eigenvalue weighted by molar-refractivity contribution is -0.121. The summed E-state index contributed by atoms with van der Waals surface area (Å²) in [5.74, 6) is -1.35. The van der Waals surface area contributed by atoms with Gasteiger partial charge < -0.3 is 20.7 Å². The number of hydrogen-bond acceptors (Lipinski definition) is 3. The van der Waals surface area contributed by atoms with E-state index in [1.807, 2.05) is 20.8 Å². The number of ether oxygens (including phenoxy) is 1. The molecule has 0 aromatic heterocycles. The molecule has 1 rings (SSSR count). The van der Waals surface area contributed by atoms with Crippen LogP contribution in [0.1, 0.15) is 20.8 Å². The van der Waals surface area contributed by atoms with Gasteiger partial charge in [0.05, 0.1) is 13.1 Å². The van der Waals surface area contributed by atoms with E-state index >= 15 is 0 Å². The number of guanidine groups is 1. The SMILES string of the molecule is CN=C(NCCOc1ccc(F)c(F)c1)NCC(=O)NC(C)(C)C. The van der Waals surface area contributed by atoms with E-state index in [4.69, 9.17) is 4.74 Å². The van der Waals surface area contributed by atoms with Crippen LogP contribution in [0.2, 0.25) is 0 Å². The first-order valence-corrected chi connectivity index (χ1v) is 7.54. The lowest BCUT2D eigenvalue weighted by atomic mass is 10.1. The van der Waals surface area contributed by atoms with Crippen LogP contribution >= 0.6 is 0 Å². The van der Waals surface area contributed by atoms with E-state index in [0.717, 1.165) is 12.1 Å². The number of benzene rings is 1. The van der Waals surface area contributed by atoms with Crippen molar-refractivity contribution in [1.82, 2.24) is 16.0 Å². The number of carbonyl (C=O) groups excluding carboxylic acids is 1. The van der Waals surface area contributed by atoms with E-state index in [-0.39, 0.29) is 30.3 Å². The predicted molar refractivity (Wildman–Crippen MR) is 89.1 cm³/mol. The van der Waals surface area contributed by atoms with Crippen LogP contribution in [0.5, 0.6) is 5.75 Å². The molecule has 0 bridgehead atoms. The van der Waals surface area contributed by atoms with Gasteiger partial charge in [-0.25, -0.2) is 8.78 Å². The fourth-order valence-corrected chi connectivity index (χ4v) is 1.75. The zero-order chi connectivity index (χ0) is 18.2. The Labute approximate surface area is 140 Å². The summed E-state index contributed by atoms with van der Waals surface area (Å²) in [4.78, 5) is 15.7. The molecular weight excluding hydrogens is 318 g/mol. The summed E-state index contributed by atoms with van der Waals surface area (Å²) in [6.07, 6.45) is 0. The highest BCUT2D eigenvalue weighted by Gasteiger charge is 2.13. The highest BCUT2D eigenvalue weighted by Crippen LogP contribution is 2.14. The molecule has 134 valence electrons. The van der Waals surface area contributed by atoms with Gasteiger partial charge in [0.1, 0.15) is 12.4 Å². The Morgan fingerprint density at radius 3 is 2.50 bits per heavy atom. The van der Waals surface area contributed by atoms with Crippen molar-refractivity contribution >= 4 is 11.9 Å². The third kappa shape index (κ3) is 7.75. The molecule has 1 amide bonds. The largest absolute Gasteiger partial charge is 0.492 e. The minimum atomic E-state index is -0.956. The summed E-state index contributed by atoms with van der Waals surface area (Å²) >= 11 is 0. The van der Waals surface area contributed by atoms with Crippen molar-refractivity contribution in [2.45, 2.75) is 26.3 Å². The summed E-state index contributed by atoms with van der Waals surface area (Å²) < 4.78 is 31.1. The Balaban J connectivity index is 2.29. The molecule has 0 spiro atoms. The van der Waals surface area contributed by atoms with Gasteiger partial charge in [-0.05, 0) is 32.9 Å². The number of rotatable bonds is 6. The van der Waals surface area contributed by atoms with Gasteiger partial charge in [-0.15, -0.1) is 0 Å². The Morgan fingerprint density at radius 1 is 1.21 bits per heavy atom. The summed E-state index contributed by atoms with van der Waals surface area (Å²) in [7, 11) is 1.58. The molecule has 0 aliphatic heterocycles. The number of hydrogen-bond donors (Lipinski definition) is 3. The van der Waals surface area contributed by atoms with Crippen molar-refractivity contribution in [3.05, 3.63) is 29.8 Å². The van der Waals surface area contributed by atoms with Gasteiger partial charge in [0.2, 0.25) is 5.91 Å². The molecule has 1 aromatic rings. The van der Waals surface area contributed by atoms with Crippen LogP contribution in [0.3, 0.4) is 0 Å². The highest BCUT2D eigenvalue weighted by atomic mass is 19.2. The molecule has 0 saturated carbocycles. The monoisotopic (exact) mass is 342 g/mol. The van der Waals surface area contributed by atoms with Gasteiger partial charge in [-0.1, -0.05) is 0 Å². The van der Waals surface area contributed by atoms with Gasteiger partial charge in [0, 0.05) is 18.7 Å². The second-order valence-electron chi connectivity index (χ2n) is 6.08. The van der Waals surface area contributed by atoms with Crippen LogP contribution in [0, 0.1) is 11.6 Å². The number of amides is 1. The Hall–Kier alpha value is -2.38. The minimum absolute atomic E-state index is 0.0843. The fourth-order valence-electron chi connectivity index (χ4n) is 1.75. The smallest absolute Gasteiger partial charge is 0.239 e. The average molecular weight is 342 g/mol. The van der Waals surface area contributed by atoms with Crippen molar-refractivity contribution in [1.29, 1.82) is 0 Å². The second kappa shape index (κ2) is 9.05. The normalized spacial score (nSPS) is 11.8. The second-order valence-corrected chi connectivity index (χ2v) is 6.08. The predicted octanol–water partition coefficient (Wildman–Crippen LogP) is 1.42. The molecule has 0 radical (unpaired) electrons. The van der Waals surface area contributed by atoms with Crippen LogP contribution in [-0.2, 0) is 4.79 Å². The molecule has 0 atom stereocenters. The first kappa shape index (κ1) is 19.7. The van der Waals surface area contributed by atoms with Gasteiger partial charge >= 0.3 is 0 Å². The van der Waals surface area contributed by atoms with E-state index in [0.29, 0.717) is 12.5 Å². The molecule has 0 aliphatic carbocycles. The summed E-state index contributed by atoms with van der Waals surface area (Å²) in [5.41, 5.74) is -0.298. The molecule has 24 heavy (non-hydrogen) atoms. The van der Waals surface area contributed by atoms with E-state index in [2.05, 4.69) is 20.9 Å². The minimum Gasteiger partial charge on any atom is -0.492 e. The molecular formula is C16H24F2N4O2. The molecule has 0 heterocycles. The Morgan fingerprint density at radius 2 is 1.92 bits per heavy atom. The lowest BCUT2D eigenvalue weighted by Crippen LogP contribution is -2.48. The number of halogens is 2. The topological polar surface area (TPSA) is 74.8 Å². The molecule has 0 aliphatic rings. The lowest BCUT2D eigenvalue weighted by Gasteiger charge is -2.21. The summed E-state index contributed by atoms with van der Waals surface area (Å²) in [6, 6.07) is 3.34. The number of nitrogens with zero attached hydrogens (tertiary/aromatic N) is 1. The molecule has 0 unspecified atom stereocenters. The first-order chi connectivity index (χ1) is 11.2. The summed E-state index contributed by atoms with van der Waals surface area (Å²) in [5, 5.41) is 8.64. The first-order valence-electron chi connectivity index (χ1n) is 7.54. The van der Waals surface area contributed by atoms with Crippen molar-refractivity contribution < 1.29 is 18.3 Å². The van der Waals surface area contributed by atoms with Crippen molar-refractivity contribution in [3.63, 3.8) is 0 Å². The van der Waals surface area contributed by atoms with Crippen LogP contribution in [0.4, 0.5) is 8.78 Å². The maximum atomic E-state index is 13.0. The van der Waals surface area contributed by atoms with Crippen molar-refractivity contribution in [2.75, 3.05) is 26.7 Å². The van der Waals surface area contributed by atoms with Crippen LogP contribution in [0.25, 0.3) is 0 Å². The van der Waals surface area contributed by atoms with E-state index in [9.17, 15) is 13.6 Å².